The van der Waals surface area contributed by atoms with Gasteiger partial charge in [0.05, 0.1) is 0 Å². The first kappa shape index (κ1) is 7.02. The fraction of sp³-hybridized carbons (Fsp3) is 0.143. The Labute approximate surface area is 50.2 Å². The van der Waals surface area contributed by atoms with Gasteiger partial charge < -0.3 is 5.73 Å². The van der Waals surface area contributed by atoms with Crippen LogP contribution in [0.2, 0.25) is 0 Å². The van der Waals surface area contributed by atoms with Crippen LogP contribution in [0.4, 0.5) is 0 Å². The lowest BCUT2D eigenvalue weighted by molar-refractivity contribution is 1.43. The number of rotatable bonds is 2. The molecule has 0 saturated carbocycles. The zero-order chi connectivity index (χ0) is 6.41. The molecule has 2 N–H and O–H groups in total. The van der Waals surface area contributed by atoms with Crippen LogP contribution in [0.5, 0.6) is 0 Å². The van der Waals surface area contributed by atoms with Crippen LogP contribution in [0.3, 0.4) is 0 Å². The van der Waals surface area contributed by atoms with E-state index >= 15 is 0 Å². The highest BCUT2D eigenvalue weighted by atomic mass is 14.5. The lowest BCUT2D eigenvalue weighted by atomic mass is 10.3. The first-order valence-corrected chi connectivity index (χ1v) is 2.49. The summed E-state index contributed by atoms with van der Waals surface area (Å²) in [5.41, 5.74) is 6.21. The summed E-state index contributed by atoms with van der Waals surface area (Å²) >= 11 is 0. The third-order valence-corrected chi connectivity index (χ3v) is 0.758. The summed E-state index contributed by atoms with van der Waals surface area (Å²) < 4.78 is 0. The average molecular weight is 109 g/mol. The van der Waals surface area contributed by atoms with Crippen molar-refractivity contribution in [1.82, 2.24) is 0 Å². The zero-order valence-corrected chi connectivity index (χ0v) is 5.09. The van der Waals surface area contributed by atoms with Crippen molar-refractivity contribution in [2.75, 3.05) is 0 Å². The Balaban J connectivity index is 3.69. The van der Waals surface area contributed by atoms with Gasteiger partial charge in [-0.25, -0.2) is 0 Å². The van der Waals surface area contributed by atoms with E-state index in [2.05, 4.69) is 6.58 Å². The smallest absolute Gasteiger partial charge is 0.00325 e. The molecule has 0 saturated heterocycles. The number of allylic oxidation sites excluding steroid dienone is 4. The summed E-state index contributed by atoms with van der Waals surface area (Å²) in [6.45, 7) is 5.44. The lowest BCUT2D eigenvalue weighted by Crippen LogP contribution is -1.79. The van der Waals surface area contributed by atoms with Gasteiger partial charge in [-0.05, 0) is 18.7 Å². The Morgan fingerprint density at radius 3 is 2.62 bits per heavy atom. The van der Waals surface area contributed by atoms with Crippen LogP contribution in [0.1, 0.15) is 6.92 Å². The summed E-state index contributed by atoms with van der Waals surface area (Å²) in [6, 6.07) is 0. The largest absolute Gasteiger partial charge is 0.404 e. The van der Waals surface area contributed by atoms with Crippen LogP contribution in [-0.2, 0) is 0 Å². The van der Waals surface area contributed by atoms with Gasteiger partial charge in [0.1, 0.15) is 0 Å². The molecule has 0 heterocycles. The minimum Gasteiger partial charge on any atom is -0.404 e. The molecule has 0 aliphatic rings. The van der Waals surface area contributed by atoms with E-state index in [0.29, 0.717) is 0 Å². The molecule has 0 aromatic rings. The van der Waals surface area contributed by atoms with E-state index in [-0.39, 0.29) is 0 Å². The molecule has 0 amide bonds. The molecular weight excluding hydrogens is 98.1 g/mol. The van der Waals surface area contributed by atoms with Crippen LogP contribution in [-0.4, -0.2) is 0 Å². The van der Waals surface area contributed by atoms with E-state index in [1.54, 1.807) is 12.3 Å². The van der Waals surface area contributed by atoms with Crippen LogP contribution < -0.4 is 5.73 Å². The highest BCUT2D eigenvalue weighted by Crippen LogP contribution is 1.89. The van der Waals surface area contributed by atoms with E-state index in [4.69, 9.17) is 5.73 Å². The normalized spacial score (nSPS) is 12.4. The van der Waals surface area contributed by atoms with E-state index in [1.165, 1.54) is 0 Å². The van der Waals surface area contributed by atoms with Gasteiger partial charge in [0, 0.05) is 0 Å². The minimum absolute atomic E-state index is 1.05. The second-order valence-corrected chi connectivity index (χ2v) is 1.51. The molecule has 1 nitrogen and oxygen atoms in total. The van der Waals surface area contributed by atoms with Crippen molar-refractivity contribution >= 4 is 0 Å². The maximum atomic E-state index is 5.17. The van der Waals surface area contributed by atoms with Gasteiger partial charge in [0.2, 0.25) is 0 Å². The molecule has 0 fully saturated rings. The topological polar surface area (TPSA) is 26.0 Å². The van der Waals surface area contributed by atoms with Crippen molar-refractivity contribution in [3.8, 4) is 0 Å². The van der Waals surface area contributed by atoms with E-state index < -0.39 is 0 Å². The van der Waals surface area contributed by atoms with Gasteiger partial charge in [-0.15, -0.1) is 0 Å². The molecule has 0 aromatic carbocycles. The van der Waals surface area contributed by atoms with Gasteiger partial charge in [0.25, 0.3) is 0 Å². The van der Waals surface area contributed by atoms with Crippen molar-refractivity contribution in [3.63, 3.8) is 0 Å². The van der Waals surface area contributed by atoms with Gasteiger partial charge in [-0.3, -0.25) is 0 Å². The SMILES string of the molecule is C=C/C=C\C(C)=C/N. The predicted octanol–water partition coefficient (Wildman–Crippen LogP) is 1.59. The van der Waals surface area contributed by atoms with Crippen molar-refractivity contribution < 1.29 is 0 Å². The maximum Gasteiger partial charge on any atom is -0.00325 e. The summed E-state index contributed by atoms with van der Waals surface area (Å²) in [7, 11) is 0. The number of hydrogen-bond acceptors (Lipinski definition) is 1. The minimum atomic E-state index is 1.05. The van der Waals surface area contributed by atoms with Crippen molar-refractivity contribution in [2.24, 2.45) is 5.73 Å². The summed E-state index contributed by atoms with van der Waals surface area (Å²) in [5, 5.41) is 0. The monoisotopic (exact) mass is 109 g/mol. The molecule has 0 bridgehead atoms. The average Bonchev–Trinajstić information content (AvgIpc) is 1.83. The molecule has 0 unspecified atom stereocenters. The lowest BCUT2D eigenvalue weighted by Gasteiger charge is -1.82. The molecule has 0 aliphatic heterocycles. The molecule has 8 heavy (non-hydrogen) atoms. The zero-order valence-electron chi connectivity index (χ0n) is 5.09. The Bertz CT molecular complexity index is 120. The van der Waals surface area contributed by atoms with Crippen LogP contribution in [0.15, 0.2) is 36.6 Å². The summed E-state index contributed by atoms with van der Waals surface area (Å²) in [5.74, 6) is 0. The van der Waals surface area contributed by atoms with Gasteiger partial charge >= 0.3 is 0 Å². The van der Waals surface area contributed by atoms with E-state index in [9.17, 15) is 0 Å². The Morgan fingerprint density at radius 2 is 2.25 bits per heavy atom. The number of hydrogen-bond donors (Lipinski definition) is 1. The molecule has 0 aliphatic carbocycles. The Morgan fingerprint density at radius 1 is 1.62 bits per heavy atom. The van der Waals surface area contributed by atoms with Gasteiger partial charge in [0.15, 0.2) is 0 Å². The quantitative estimate of drug-likeness (QED) is 0.535. The summed E-state index contributed by atoms with van der Waals surface area (Å²) in [6.07, 6.45) is 7.01. The standard InChI is InChI=1S/C7H11N/c1-3-4-5-7(2)6-8/h3-6H,1,8H2,2H3/b5-4-,7-6-. The molecule has 44 valence electrons. The molecule has 0 spiro atoms. The third kappa shape index (κ3) is 3.22. The molecule has 0 atom stereocenters. The fourth-order valence-electron chi connectivity index (χ4n) is 0.275. The van der Waals surface area contributed by atoms with Crippen LogP contribution >= 0.6 is 0 Å². The van der Waals surface area contributed by atoms with Crippen molar-refractivity contribution in [1.29, 1.82) is 0 Å². The predicted molar refractivity (Wildman–Crippen MR) is 37.3 cm³/mol. The van der Waals surface area contributed by atoms with Crippen molar-refractivity contribution in [2.45, 2.75) is 6.92 Å². The Kier molecular flexibility index (Phi) is 3.67. The second kappa shape index (κ2) is 4.19. The Hall–Kier alpha value is -0.980. The molecule has 0 rings (SSSR count). The second-order valence-electron chi connectivity index (χ2n) is 1.51. The van der Waals surface area contributed by atoms with Crippen LogP contribution in [0.25, 0.3) is 0 Å². The summed E-state index contributed by atoms with van der Waals surface area (Å²) in [4.78, 5) is 0. The third-order valence-electron chi connectivity index (χ3n) is 0.758. The van der Waals surface area contributed by atoms with Crippen molar-refractivity contribution in [3.05, 3.63) is 36.6 Å². The van der Waals surface area contributed by atoms with Gasteiger partial charge in [-0.1, -0.05) is 24.8 Å². The van der Waals surface area contributed by atoms with Gasteiger partial charge in [-0.2, -0.15) is 0 Å². The molecular formula is C7H11N. The molecule has 0 radical (unpaired) electrons. The first-order valence-electron chi connectivity index (χ1n) is 2.49. The maximum absolute atomic E-state index is 5.17. The van der Waals surface area contributed by atoms with E-state index in [1.807, 2.05) is 19.1 Å². The molecule has 1 heteroatoms. The first-order chi connectivity index (χ1) is 3.81. The highest BCUT2D eigenvalue weighted by molar-refractivity contribution is 5.17. The van der Waals surface area contributed by atoms with Crippen LogP contribution in [0, 0.1) is 0 Å². The fourth-order valence-corrected chi connectivity index (χ4v) is 0.275. The van der Waals surface area contributed by atoms with E-state index in [0.717, 1.165) is 5.57 Å². The highest BCUT2D eigenvalue weighted by Gasteiger charge is 1.71. The number of nitrogens with two attached hydrogens (primary N) is 1. The molecule has 0 aromatic heterocycles.